The minimum atomic E-state index is -0.424. The van der Waals surface area contributed by atoms with Crippen LogP contribution in [0.1, 0.15) is 30.4 Å². The van der Waals surface area contributed by atoms with Gasteiger partial charge in [0.1, 0.15) is 13.2 Å². The number of esters is 2. The van der Waals surface area contributed by atoms with Crippen LogP contribution in [0.2, 0.25) is 0 Å². The van der Waals surface area contributed by atoms with Gasteiger partial charge in [-0.05, 0) is 30.4 Å². The van der Waals surface area contributed by atoms with Crippen LogP contribution in [0.3, 0.4) is 0 Å². The molecule has 0 bridgehead atoms. The first-order chi connectivity index (χ1) is 15.6. The van der Waals surface area contributed by atoms with Crippen molar-refractivity contribution in [2.45, 2.75) is 44.6 Å². The number of carbonyl (C=O) groups excluding carboxylic acids is 2. The standard InChI is InChI=1S/C25H32N2O5/c28-23-12-11-22(26-15-24(29)31-18-20-7-3-1-4-8-20)16-27(14-13-23)17-25(30)32-19-21-9-5-2-6-10-21/h1-10,22-23,26,28H,11-19H2/t22-,23?/m0/s1. The number of rotatable bonds is 9. The van der Waals surface area contributed by atoms with E-state index in [1.165, 1.54) is 0 Å². The van der Waals surface area contributed by atoms with Gasteiger partial charge in [0.15, 0.2) is 0 Å². The molecule has 1 unspecified atom stereocenters. The number of aliphatic hydroxyl groups excluding tert-OH is 1. The molecule has 1 fully saturated rings. The lowest BCUT2D eigenvalue weighted by Gasteiger charge is -2.31. The lowest BCUT2D eigenvalue weighted by Crippen LogP contribution is -2.47. The monoisotopic (exact) mass is 440 g/mol. The van der Waals surface area contributed by atoms with Crippen LogP contribution in [0.4, 0.5) is 0 Å². The molecule has 2 aromatic rings. The van der Waals surface area contributed by atoms with Gasteiger partial charge in [-0.15, -0.1) is 0 Å². The smallest absolute Gasteiger partial charge is 0.320 e. The van der Waals surface area contributed by atoms with Crippen molar-refractivity contribution < 1.29 is 24.2 Å². The quantitative estimate of drug-likeness (QED) is 0.579. The topological polar surface area (TPSA) is 88.1 Å². The van der Waals surface area contributed by atoms with Crippen molar-refractivity contribution in [2.24, 2.45) is 0 Å². The zero-order valence-corrected chi connectivity index (χ0v) is 18.3. The third-order valence-electron chi connectivity index (χ3n) is 5.48. The van der Waals surface area contributed by atoms with Gasteiger partial charge in [-0.1, -0.05) is 60.7 Å². The van der Waals surface area contributed by atoms with Gasteiger partial charge >= 0.3 is 11.9 Å². The Morgan fingerprint density at radius 1 is 0.875 bits per heavy atom. The summed E-state index contributed by atoms with van der Waals surface area (Å²) >= 11 is 0. The van der Waals surface area contributed by atoms with Crippen molar-refractivity contribution in [1.82, 2.24) is 10.2 Å². The lowest BCUT2D eigenvalue weighted by molar-refractivity contribution is -0.147. The Balaban J connectivity index is 1.44. The fourth-order valence-electron chi connectivity index (χ4n) is 3.66. The third kappa shape index (κ3) is 8.78. The Bertz CT molecular complexity index is 831. The molecule has 2 atom stereocenters. The average molecular weight is 441 g/mol. The van der Waals surface area contributed by atoms with Crippen molar-refractivity contribution in [2.75, 3.05) is 26.2 Å². The summed E-state index contributed by atoms with van der Waals surface area (Å²) in [6.45, 7) is 1.91. The van der Waals surface area contributed by atoms with Crippen LogP contribution in [0.15, 0.2) is 60.7 Å². The Hall–Kier alpha value is -2.74. The van der Waals surface area contributed by atoms with Crippen molar-refractivity contribution >= 4 is 11.9 Å². The van der Waals surface area contributed by atoms with Crippen LogP contribution in [0, 0.1) is 0 Å². The molecule has 2 aromatic carbocycles. The molecule has 2 N–H and O–H groups in total. The van der Waals surface area contributed by atoms with E-state index in [4.69, 9.17) is 9.47 Å². The first kappa shape index (κ1) is 23.9. The summed E-state index contributed by atoms with van der Waals surface area (Å²) < 4.78 is 10.7. The van der Waals surface area contributed by atoms with E-state index in [1.807, 2.05) is 65.6 Å². The van der Waals surface area contributed by atoms with Crippen molar-refractivity contribution in [3.05, 3.63) is 71.8 Å². The summed E-state index contributed by atoms with van der Waals surface area (Å²) in [5, 5.41) is 13.4. The number of hydrogen-bond acceptors (Lipinski definition) is 7. The van der Waals surface area contributed by atoms with Crippen LogP contribution in [-0.4, -0.2) is 60.3 Å². The van der Waals surface area contributed by atoms with Gasteiger partial charge in [-0.2, -0.15) is 0 Å². The number of carbonyl (C=O) groups is 2. The summed E-state index contributed by atoms with van der Waals surface area (Å²) in [7, 11) is 0. The van der Waals surface area contributed by atoms with Crippen molar-refractivity contribution in [1.29, 1.82) is 0 Å². The fourth-order valence-corrected chi connectivity index (χ4v) is 3.66. The average Bonchev–Trinajstić information content (AvgIpc) is 2.81. The van der Waals surface area contributed by atoms with Gasteiger partial charge in [-0.25, -0.2) is 0 Å². The molecule has 0 saturated carbocycles. The number of ether oxygens (including phenoxy) is 2. The van der Waals surface area contributed by atoms with Gasteiger partial charge in [0.25, 0.3) is 0 Å². The number of likely N-dealkylation sites (tertiary alicyclic amines) is 1. The highest BCUT2D eigenvalue weighted by molar-refractivity contribution is 5.72. The van der Waals surface area contributed by atoms with E-state index in [9.17, 15) is 14.7 Å². The van der Waals surface area contributed by atoms with Gasteiger partial charge in [0, 0.05) is 19.1 Å². The highest BCUT2D eigenvalue weighted by Gasteiger charge is 2.23. The molecule has 1 heterocycles. The molecule has 0 radical (unpaired) electrons. The number of nitrogens with zero attached hydrogens (tertiary/aromatic N) is 1. The normalized spacial score (nSPS) is 19.5. The predicted octanol–water partition coefficient (Wildman–Crippen LogP) is 2.28. The molecular weight excluding hydrogens is 408 g/mol. The molecule has 1 saturated heterocycles. The molecule has 172 valence electrons. The predicted molar refractivity (Wildman–Crippen MR) is 121 cm³/mol. The zero-order chi connectivity index (χ0) is 22.6. The van der Waals surface area contributed by atoms with E-state index < -0.39 is 6.10 Å². The second-order valence-corrected chi connectivity index (χ2v) is 8.13. The second kappa shape index (κ2) is 13.0. The minimum absolute atomic E-state index is 0.0313. The largest absolute Gasteiger partial charge is 0.460 e. The first-order valence-corrected chi connectivity index (χ1v) is 11.1. The molecule has 0 spiro atoms. The van der Waals surface area contributed by atoms with Crippen molar-refractivity contribution in [3.8, 4) is 0 Å². The number of nitrogens with one attached hydrogen (secondary N) is 1. The maximum absolute atomic E-state index is 12.3. The molecule has 32 heavy (non-hydrogen) atoms. The van der Waals surface area contributed by atoms with Crippen LogP contribution < -0.4 is 5.32 Å². The van der Waals surface area contributed by atoms with E-state index in [0.29, 0.717) is 32.4 Å². The summed E-state index contributed by atoms with van der Waals surface area (Å²) in [5.74, 6) is -0.629. The molecular formula is C25H32N2O5. The zero-order valence-electron chi connectivity index (χ0n) is 18.3. The van der Waals surface area contributed by atoms with Gasteiger partial charge in [0.2, 0.25) is 0 Å². The highest BCUT2D eigenvalue weighted by Crippen LogP contribution is 2.13. The third-order valence-corrected chi connectivity index (χ3v) is 5.48. The fraction of sp³-hybridized carbons (Fsp3) is 0.440. The maximum Gasteiger partial charge on any atom is 0.320 e. The Labute approximate surface area is 189 Å². The summed E-state index contributed by atoms with van der Waals surface area (Å²) in [5.41, 5.74) is 1.88. The molecule has 0 amide bonds. The van der Waals surface area contributed by atoms with E-state index in [2.05, 4.69) is 5.32 Å². The Kier molecular flexibility index (Phi) is 9.68. The Morgan fingerprint density at radius 3 is 2.09 bits per heavy atom. The summed E-state index contributed by atoms with van der Waals surface area (Å²) in [4.78, 5) is 26.4. The highest BCUT2D eigenvalue weighted by atomic mass is 16.5. The molecule has 1 aliphatic rings. The van der Waals surface area contributed by atoms with Crippen LogP contribution >= 0.6 is 0 Å². The lowest BCUT2D eigenvalue weighted by atomic mass is 10.0. The summed E-state index contributed by atoms with van der Waals surface area (Å²) in [6, 6.07) is 19.1. The van der Waals surface area contributed by atoms with E-state index >= 15 is 0 Å². The van der Waals surface area contributed by atoms with Gasteiger partial charge in [-0.3, -0.25) is 14.5 Å². The van der Waals surface area contributed by atoms with E-state index in [-0.39, 0.29) is 44.3 Å². The number of hydrogen-bond donors (Lipinski definition) is 2. The van der Waals surface area contributed by atoms with Crippen LogP contribution in [0.5, 0.6) is 0 Å². The molecule has 0 aliphatic carbocycles. The van der Waals surface area contributed by atoms with Crippen LogP contribution in [0.25, 0.3) is 0 Å². The maximum atomic E-state index is 12.3. The minimum Gasteiger partial charge on any atom is -0.460 e. The Morgan fingerprint density at radius 2 is 1.47 bits per heavy atom. The van der Waals surface area contributed by atoms with Gasteiger partial charge < -0.3 is 19.9 Å². The molecule has 3 rings (SSSR count). The second-order valence-electron chi connectivity index (χ2n) is 8.13. The first-order valence-electron chi connectivity index (χ1n) is 11.1. The molecule has 1 aliphatic heterocycles. The molecule has 0 aromatic heterocycles. The van der Waals surface area contributed by atoms with E-state index in [1.54, 1.807) is 0 Å². The molecule has 7 nitrogen and oxygen atoms in total. The number of benzene rings is 2. The van der Waals surface area contributed by atoms with Crippen molar-refractivity contribution in [3.63, 3.8) is 0 Å². The van der Waals surface area contributed by atoms with Gasteiger partial charge in [0.05, 0.1) is 19.2 Å². The SMILES string of the molecule is O=C(CN[C@H]1CCC(O)CCN(CC(=O)OCc2ccccc2)C1)OCc1ccccc1. The van der Waals surface area contributed by atoms with E-state index in [0.717, 1.165) is 11.1 Å². The summed E-state index contributed by atoms with van der Waals surface area (Å²) in [6.07, 6.45) is 1.55. The molecule has 7 heteroatoms. The van der Waals surface area contributed by atoms with Crippen LogP contribution in [-0.2, 0) is 32.3 Å². The number of aliphatic hydroxyl groups is 1.